The first-order valence-electron chi connectivity index (χ1n) is 12.4. The van der Waals surface area contributed by atoms with Gasteiger partial charge in [-0.1, -0.05) is 59.6 Å². The van der Waals surface area contributed by atoms with Gasteiger partial charge in [0.1, 0.15) is 10.7 Å². The molecule has 3 aromatic carbocycles. The Morgan fingerprint density at radius 2 is 1.62 bits per heavy atom. The number of amides is 1. The predicted molar refractivity (Wildman–Crippen MR) is 141 cm³/mol. The van der Waals surface area contributed by atoms with Crippen LogP contribution in [0.5, 0.6) is 0 Å². The molecule has 3 atom stereocenters. The zero-order valence-electron chi connectivity index (χ0n) is 21.3. The number of carbonyl (C=O) groups excluding carboxylic acids is 1. The summed E-state index contributed by atoms with van der Waals surface area (Å²) in [6.07, 6.45) is -0.154. The summed E-state index contributed by atoms with van der Waals surface area (Å²) < 4.78 is 83.0. The van der Waals surface area contributed by atoms with Crippen LogP contribution in [-0.2, 0) is 22.6 Å². The number of nitrogens with zero attached hydrogens (tertiary/aromatic N) is 2. The van der Waals surface area contributed by atoms with Gasteiger partial charge in [-0.05, 0) is 23.3 Å². The van der Waals surface area contributed by atoms with Crippen molar-refractivity contribution >= 4 is 34.8 Å². The van der Waals surface area contributed by atoms with E-state index in [9.17, 15) is 31.9 Å². The first kappa shape index (κ1) is 29.9. The second-order valence-electron chi connectivity index (χ2n) is 9.35. The van der Waals surface area contributed by atoms with Gasteiger partial charge in [0.2, 0.25) is 5.82 Å². The summed E-state index contributed by atoms with van der Waals surface area (Å²) in [5, 5.41) is 11.9. The van der Waals surface area contributed by atoms with Crippen LogP contribution in [-0.4, -0.2) is 26.7 Å². The molecule has 0 radical (unpaired) electrons. The van der Waals surface area contributed by atoms with Gasteiger partial charge < -0.3 is 24.5 Å². The first-order chi connectivity index (χ1) is 20.1. The van der Waals surface area contributed by atoms with Crippen molar-refractivity contribution in [2.45, 2.75) is 38.1 Å². The number of anilines is 1. The smallest absolute Gasteiger partial charge is 0.261 e. The van der Waals surface area contributed by atoms with Crippen molar-refractivity contribution in [3.8, 4) is 0 Å². The van der Waals surface area contributed by atoms with Crippen LogP contribution in [0, 0.1) is 29.1 Å². The normalized spacial score (nSPS) is 18.7. The second kappa shape index (κ2) is 12.4. The number of imidazole rings is 1. The van der Waals surface area contributed by atoms with E-state index in [2.05, 4.69) is 10.3 Å². The van der Waals surface area contributed by atoms with Crippen molar-refractivity contribution in [1.29, 1.82) is 0 Å². The van der Waals surface area contributed by atoms with E-state index in [1.807, 2.05) is 0 Å². The highest BCUT2D eigenvalue weighted by Gasteiger charge is 2.34. The van der Waals surface area contributed by atoms with Gasteiger partial charge in [-0.2, -0.15) is 0 Å². The molecule has 42 heavy (non-hydrogen) atoms. The van der Waals surface area contributed by atoms with E-state index in [1.54, 1.807) is 34.9 Å². The fourth-order valence-electron chi connectivity index (χ4n) is 4.48. The van der Waals surface area contributed by atoms with E-state index in [4.69, 9.17) is 32.7 Å². The third-order valence-electron chi connectivity index (χ3n) is 6.60. The summed E-state index contributed by atoms with van der Waals surface area (Å²) in [6.45, 7) is 0.115. The van der Waals surface area contributed by atoms with Crippen LogP contribution in [0.3, 0.4) is 0 Å². The predicted octanol–water partition coefficient (Wildman–Crippen LogP) is 6.88. The van der Waals surface area contributed by atoms with Gasteiger partial charge in [-0.3, -0.25) is 4.79 Å². The molecule has 1 aliphatic rings. The summed E-state index contributed by atoms with van der Waals surface area (Å²) >= 11 is 12.2. The number of hydrogen-bond acceptors (Lipinski definition) is 5. The average Bonchev–Trinajstić information content (AvgIpc) is 3.31. The van der Waals surface area contributed by atoms with Crippen molar-refractivity contribution in [3.05, 3.63) is 117 Å². The van der Waals surface area contributed by atoms with E-state index < -0.39 is 59.1 Å². The lowest BCUT2D eigenvalue weighted by molar-refractivity contribution is -0.252. The SMILES string of the molecule is O=C(Nc1cccc([C@H]2O[C@@H](Cn3cnc(Cl)c3Cl)C[C@@H](c3ccc(CO)cc3)O2)c1)c1c(F)c(F)c(F)c(F)c1F. The van der Waals surface area contributed by atoms with Crippen LogP contribution in [0.1, 0.15) is 45.9 Å². The van der Waals surface area contributed by atoms with Gasteiger partial charge >= 0.3 is 0 Å². The van der Waals surface area contributed by atoms with Gasteiger partial charge in [0.05, 0.1) is 31.7 Å². The zero-order chi connectivity index (χ0) is 30.1. The summed E-state index contributed by atoms with van der Waals surface area (Å²) in [5.41, 5.74) is 0.224. The number of benzene rings is 3. The van der Waals surface area contributed by atoms with Gasteiger partial charge in [0, 0.05) is 17.7 Å². The van der Waals surface area contributed by atoms with Crippen molar-refractivity contribution in [3.63, 3.8) is 0 Å². The van der Waals surface area contributed by atoms with Crippen molar-refractivity contribution in [2.75, 3.05) is 5.32 Å². The first-order valence-corrected chi connectivity index (χ1v) is 13.1. The maximum atomic E-state index is 14.2. The number of aliphatic hydroxyl groups is 1. The number of nitrogens with one attached hydrogen (secondary N) is 1. The maximum Gasteiger partial charge on any atom is 0.261 e. The Hall–Kier alpha value is -3.55. The molecule has 14 heteroatoms. The van der Waals surface area contributed by atoms with E-state index in [0.717, 1.165) is 5.56 Å². The number of aromatic nitrogens is 2. The molecule has 0 bridgehead atoms. The lowest BCUT2D eigenvalue weighted by Gasteiger charge is -2.36. The molecule has 1 aromatic heterocycles. The van der Waals surface area contributed by atoms with Gasteiger partial charge in [-0.15, -0.1) is 0 Å². The fraction of sp³-hybridized carbons (Fsp3) is 0.214. The van der Waals surface area contributed by atoms with Crippen LogP contribution < -0.4 is 5.32 Å². The Balaban J connectivity index is 1.42. The quantitative estimate of drug-likeness (QED) is 0.133. The molecule has 1 fully saturated rings. The van der Waals surface area contributed by atoms with Crippen molar-refractivity contribution in [1.82, 2.24) is 9.55 Å². The third-order valence-corrected chi connectivity index (χ3v) is 7.37. The monoisotopic (exact) mass is 627 g/mol. The molecule has 1 aliphatic heterocycles. The molecule has 5 rings (SSSR count). The molecule has 0 unspecified atom stereocenters. The Kier molecular flexibility index (Phi) is 8.81. The zero-order valence-corrected chi connectivity index (χ0v) is 22.8. The van der Waals surface area contributed by atoms with Crippen molar-refractivity contribution in [2.24, 2.45) is 0 Å². The molecule has 0 aliphatic carbocycles. The summed E-state index contributed by atoms with van der Waals surface area (Å²) in [6, 6.07) is 12.9. The molecule has 7 nitrogen and oxygen atoms in total. The van der Waals surface area contributed by atoms with Crippen LogP contribution in [0.4, 0.5) is 27.6 Å². The lowest BCUT2D eigenvalue weighted by atomic mass is 10.00. The summed E-state index contributed by atoms with van der Waals surface area (Å²) in [5.74, 6) is -12.9. The average molecular weight is 628 g/mol. The number of rotatable bonds is 7. The van der Waals surface area contributed by atoms with Crippen LogP contribution >= 0.6 is 23.2 Å². The Morgan fingerprint density at radius 3 is 2.24 bits per heavy atom. The Labute approximate surface area is 245 Å². The number of halogens is 7. The minimum atomic E-state index is -2.37. The fourth-order valence-corrected chi connectivity index (χ4v) is 4.80. The van der Waals surface area contributed by atoms with E-state index >= 15 is 0 Å². The molecule has 2 heterocycles. The van der Waals surface area contributed by atoms with Gasteiger partial charge in [0.15, 0.2) is 34.7 Å². The lowest BCUT2D eigenvalue weighted by Crippen LogP contribution is -2.32. The molecule has 1 saturated heterocycles. The molecule has 4 aromatic rings. The molecule has 1 amide bonds. The molecule has 0 spiro atoms. The molecule has 2 N–H and O–H groups in total. The highest BCUT2D eigenvalue weighted by Crippen LogP contribution is 2.39. The standard InChI is InChI=1S/C28H20Cl2F5N3O4/c29-25-26(30)38(12-36-25)10-17-9-18(14-6-4-13(11-39)5-7-14)42-28(41-17)15-2-1-3-16(8-15)37-27(40)19-20(31)22(33)24(35)23(34)21(19)32/h1-8,12,17-18,28,39H,9-11H2,(H,37,40)/t17-,18+,28+/m1/s1. The van der Waals surface area contributed by atoms with E-state index in [0.29, 0.717) is 17.5 Å². The molecular formula is C28H20Cl2F5N3O4. The van der Waals surface area contributed by atoms with E-state index in [-0.39, 0.29) is 29.1 Å². The molecular weight excluding hydrogens is 608 g/mol. The minimum absolute atomic E-state index is 0.0240. The molecule has 220 valence electrons. The highest BCUT2D eigenvalue weighted by molar-refractivity contribution is 6.40. The number of aliphatic hydroxyl groups excluding tert-OH is 1. The van der Waals surface area contributed by atoms with Crippen LogP contribution in [0.2, 0.25) is 10.3 Å². The van der Waals surface area contributed by atoms with Crippen molar-refractivity contribution < 1.29 is 41.3 Å². The Morgan fingerprint density at radius 1 is 0.952 bits per heavy atom. The second-order valence-corrected chi connectivity index (χ2v) is 10.1. The summed E-state index contributed by atoms with van der Waals surface area (Å²) in [4.78, 5) is 16.6. The van der Waals surface area contributed by atoms with Crippen LogP contribution in [0.15, 0.2) is 54.9 Å². The van der Waals surface area contributed by atoms with Gasteiger partial charge in [-0.25, -0.2) is 26.9 Å². The highest BCUT2D eigenvalue weighted by atomic mass is 35.5. The third kappa shape index (κ3) is 5.99. The van der Waals surface area contributed by atoms with Gasteiger partial charge in [0.25, 0.3) is 5.91 Å². The topological polar surface area (TPSA) is 85.6 Å². The number of hydrogen-bond donors (Lipinski definition) is 2. The van der Waals surface area contributed by atoms with Crippen LogP contribution in [0.25, 0.3) is 0 Å². The number of ether oxygens (including phenoxy) is 2. The largest absolute Gasteiger partial charge is 0.392 e. The number of carbonyl (C=O) groups is 1. The minimum Gasteiger partial charge on any atom is -0.392 e. The maximum absolute atomic E-state index is 14.2. The molecule has 0 saturated carbocycles. The summed E-state index contributed by atoms with van der Waals surface area (Å²) in [7, 11) is 0. The Bertz CT molecular complexity index is 1610. The van der Waals surface area contributed by atoms with E-state index in [1.165, 1.54) is 24.5 Å².